The Morgan fingerprint density at radius 3 is 2.20 bits per heavy atom. The molecule has 1 heterocycles. The highest BCUT2D eigenvalue weighted by molar-refractivity contribution is 5.84. The number of nitrogens with one attached hydrogen (secondary N) is 1. The normalized spacial score (nSPS) is 19.2. The molecule has 2 amide bonds. The predicted molar refractivity (Wildman–Crippen MR) is 130 cm³/mol. The molecule has 0 aromatic heterocycles. The van der Waals surface area contributed by atoms with Crippen LogP contribution in [0.1, 0.15) is 37.8 Å². The van der Waals surface area contributed by atoms with Crippen molar-refractivity contribution in [2.75, 3.05) is 32.8 Å². The van der Waals surface area contributed by atoms with E-state index < -0.39 is 29.5 Å². The smallest absolute Gasteiger partial charge is 0.407 e. The molecule has 8 heteroatoms. The predicted octanol–water partition coefficient (Wildman–Crippen LogP) is 3.50. The zero-order chi connectivity index (χ0) is 25.2. The highest BCUT2D eigenvalue weighted by Crippen LogP contribution is 2.44. The lowest BCUT2D eigenvalue weighted by Crippen LogP contribution is -2.46. The average molecular weight is 481 g/mol. The summed E-state index contributed by atoms with van der Waals surface area (Å²) in [6.45, 7) is 6.19. The van der Waals surface area contributed by atoms with Gasteiger partial charge in [0.1, 0.15) is 12.5 Å². The molecule has 0 radical (unpaired) electrons. The number of ether oxygens (including phenoxy) is 2. The zero-order valence-corrected chi connectivity index (χ0v) is 20.3. The Morgan fingerprint density at radius 2 is 1.63 bits per heavy atom. The summed E-state index contributed by atoms with van der Waals surface area (Å²) in [5.74, 6) is -2.01. The van der Waals surface area contributed by atoms with Crippen LogP contribution >= 0.6 is 0 Å². The summed E-state index contributed by atoms with van der Waals surface area (Å²) >= 11 is 0. The first-order chi connectivity index (χ1) is 16.7. The van der Waals surface area contributed by atoms with Gasteiger partial charge in [-0.2, -0.15) is 0 Å². The van der Waals surface area contributed by atoms with Gasteiger partial charge in [0, 0.05) is 32.2 Å². The molecule has 1 aliphatic carbocycles. The molecule has 2 aromatic rings. The number of carbonyl (C=O) groups is 3. The number of alkyl carbamates (subject to hydrolysis) is 1. The Morgan fingerprint density at radius 1 is 1.03 bits per heavy atom. The highest BCUT2D eigenvalue weighted by Gasteiger charge is 2.44. The maximum atomic E-state index is 13.1. The third-order valence-electron chi connectivity index (χ3n) is 6.85. The summed E-state index contributed by atoms with van der Waals surface area (Å²) in [4.78, 5) is 38.7. The molecule has 2 unspecified atom stereocenters. The van der Waals surface area contributed by atoms with Crippen LogP contribution in [0.4, 0.5) is 4.79 Å². The molecule has 1 fully saturated rings. The number of fused-ring (bicyclic) bond motifs is 3. The molecule has 1 saturated heterocycles. The van der Waals surface area contributed by atoms with Crippen molar-refractivity contribution >= 4 is 18.0 Å². The van der Waals surface area contributed by atoms with E-state index >= 15 is 0 Å². The second kappa shape index (κ2) is 10.1. The summed E-state index contributed by atoms with van der Waals surface area (Å²) in [6, 6.07) is 16.2. The number of hydrogen-bond donors (Lipinski definition) is 2. The van der Waals surface area contributed by atoms with Crippen LogP contribution in [0.25, 0.3) is 11.1 Å². The average Bonchev–Trinajstić information content (AvgIpc) is 3.41. The molecular formula is C27H32N2O6. The third-order valence-corrected chi connectivity index (χ3v) is 6.85. The molecule has 0 bridgehead atoms. The maximum Gasteiger partial charge on any atom is 0.407 e. The van der Waals surface area contributed by atoms with Crippen LogP contribution in [-0.2, 0) is 19.1 Å². The molecular weight excluding hydrogens is 448 g/mol. The van der Waals surface area contributed by atoms with Crippen molar-refractivity contribution in [3.8, 4) is 11.1 Å². The molecule has 2 N–H and O–H groups in total. The molecule has 2 aromatic carbocycles. The van der Waals surface area contributed by atoms with E-state index in [0.717, 1.165) is 22.3 Å². The van der Waals surface area contributed by atoms with Crippen LogP contribution < -0.4 is 5.32 Å². The van der Waals surface area contributed by atoms with Crippen LogP contribution in [-0.4, -0.2) is 66.9 Å². The molecule has 0 spiro atoms. The number of likely N-dealkylation sites (tertiary alicyclic amines) is 1. The Balaban J connectivity index is 1.33. The molecule has 2 atom stereocenters. The SMILES string of the molecule is CCOC1CN(C(=O)C(C)(C)CNC(=O)OCC2c3ccccc3-c3ccccc32)CC1C(=O)O. The Labute approximate surface area is 205 Å². The number of rotatable bonds is 8. The van der Waals surface area contributed by atoms with Gasteiger partial charge in [-0.1, -0.05) is 48.5 Å². The lowest BCUT2D eigenvalue weighted by atomic mass is 9.91. The topological polar surface area (TPSA) is 105 Å². The van der Waals surface area contributed by atoms with Gasteiger partial charge in [-0.15, -0.1) is 0 Å². The fraction of sp³-hybridized carbons (Fsp3) is 0.444. The van der Waals surface area contributed by atoms with Crippen molar-refractivity contribution in [1.29, 1.82) is 0 Å². The minimum atomic E-state index is -0.978. The van der Waals surface area contributed by atoms with E-state index in [1.807, 2.05) is 24.3 Å². The molecule has 4 rings (SSSR count). The number of carboxylic acids is 1. The summed E-state index contributed by atoms with van der Waals surface area (Å²) in [6.07, 6.45) is -1.13. The standard InChI is InChI=1S/C27H32N2O6/c1-4-34-23-14-29(13-21(23)24(30)31)25(32)27(2,3)16-28-26(33)35-15-22-19-11-7-5-9-17(19)18-10-6-8-12-20(18)22/h5-12,21-23H,4,13-16H2,1-3H3,(H,28,33)(H,30,31). The van der Waals surface area contributed by atoms with E-state index in [9.17, 15) is 19.5 Å². The first kappa shape index (κ1) is 24.7. The van der Waals surface area contributed by atoms with Gasteiger partial charge < -0.3 is 24.8 Å². The van der Waals surface area contributed by atoms with Crippen molar-refractivity contribution < 1.29 is 29.0 Å². The van der Waals surface area contributed by atoms with Crippen molar-refractivity contribution in [2.45, 2.75) is 32.8 Å². The van der Waals surface area contributed by atoms with E-state index in [-0.39, 0.29) is 38.1 Å². The van der Waals surface area contributed by atoms with E-state index in [1.54, 1.807) is 20.8 Å². The van der Waals surface area contributed by atoms with Crippen molar-refractivity contribution in [3.05, 3.63) is 59.7 Å². The first-order valence-electron chi connectivity index (χ1n) is 12.0. The number of nitrogens with zero attached hydrogens (tertiary/aromatic N) is 1. The van der Waals surface area contributed by atoms with Gasteiger partial charge in [0.15, 0.2) is 0 Å². The minimum Gasteiger partial charge on any atom is -0.481 e. The second-order valence-electron chi connectivity index (χ2n) is 9.71. The van der Waals surface area contributed by atoms with E-state index in [2.05, 4.69) is 29.6 Å². The highest BCUT2D eigenvalue weighted by atomic mass is 16.5. The molecule has 0 saturated carbocycles. The van der Waals surface area contributed by atoms with E-state index in [1.165, 1.54) is 4.90 Å². The van der Waals surface area contributed by atoms with Gasteiger partial charge in [-0.25, -0.2) is 4.79 Å². The molecule has 2 aliphatic rings. The van der Waals surface area contributed by atoms with Crippen LogP contribution in [0.15, 0.2) is 48.5 Å². The van der Waals surface area contributed by atoms with Crippen LogP contribution in [0.2, 0.25) is 0 Å². The number of benzene rings is 2. The van der Waals surface area contributed by atoms with Crippen molar-refractivity contribution in [1.82, 2.24) is 10.2 Å². The Hall–Kier alpha value is -3.39. The van der Waals surface area contributed by atoms with Crippen molar-refractivity contribution in [3.63, 3.8) is 0 Å². The van der Waals surface area contributed by atoms with Gasteiger partial charge in [-0.05, 0) is 43.0 Å². The fourth-order valence-corrected chi connectivity index (χ4v) is 5.01. The van der Waals surface area contributed by atoms with E-state index in [4.69, 9.17) is 9.47 Å². The molecule has 8 nitrogen and oxygen atoms in total. The van der Waals surface area contributed by atoms with Gasteiger partial charge in [0.05, 0.1) is 11.5 Å². The van der Waals surface area contributed by atoms with Gasteiger partial charge in [0.25, 0.3) is 0 Å². The maximum absolute atomic E-state index is 13.1. The molecule has 186 valence electrons. The van der Waals surface area contributed by atoms with Gasteiger partial charge >= 0.3 is 12.1 Å². The monoisotopic (exact) mass is 480 g/mol. The van der Waals surface area contributed by atoms with E-state index in [0.29, 0.717) is 6.61 Å². The van der Waals surface area contributed by atoms with Gasteiger partial charge in [-0.3, -0.25) is 9.59 Å². The second-order valence-corrected chi connectivity index (χ2v) is 9.71. The van der Waals surface area contributed by atoms with Crippen LogP contribution in [0, 0.1) is 11.3 Å². The fourth-order valence-electron chi connectivity index (χ4n) is 5.01. The molecule has 35 heavy (non-hydrogen) atoms. The summed E-state index contributed by atoms with van der Waals surface area (Å²) in [5.41, 5.74) is 3.63. The first-order valence-corrected chi connectivity index (χ1v) is 12.0. The third kappa shape index (κ3) is 5.03. The minimum absolute atomic E-state index is 0.0455. The summed E-state index contributed by atoms with van der Waals surface area (Å²) in [7, 11) is 0. The van der Waals surface area contributed by atoms with Crippen LogP contribution in [0.5, 0.6) is 0 Å². The van der Waals surface area contributed by atoms with Crippen molar-refractivity contribution in [2.24, 2.45) is 11.3 Å². The summed E-state index contributed by atoms with van der Waals surface area (Å²) < 4.78 is 11.1. The zero-order valence-electron chi connectivity index (χ0n) is 20.3. The Kier molecular flexibility index (Phi) is 7.12. The Bertz CT molecular complexity index is 1070. The number of aliphatic carboxylic acids is 1. The number of amides is 2. The summed E-state index contributed by atoms with van der Waals surface area (Å²) in [5, 5.41) is 12.2. The number of hydrogen-bond acceptors (Lipinski definition) is 5. The molecule has 1 aliphatic heterocycles. The largest absolute Gasteiger partial charge is 0.481 e. The quantitative estimate of drug-likeness (QED) is 0.599. The van der Waals surface area contributed by atoms with Gasteiger partial charge in [0.2, 0.25) is 5.91 Å². The lowest BCUT2D eigenvalue weighted by Gasteiger charge is -2.29. The number of carboxylic acid groups (broad SMARTS) is 1. The number of carbonyl (C=O) groups excluding carboxylic acids is 2. The van der Waals surface area contributed by atoms with Crippen LogP contribution in [0.3, 0.4) is 0 Å². The lowest BCUT2D eigenvalue weighted by molar-refractivity contribution is -0.145.